The third kappa shape index (κ3) is 3.90. The number of rotatable bonds is 4. The first kappa shape index (κ1) is 21.3. The van der Waals surface area contributed by atoms with Gasteiger partial charge in [-0.05, 0) is 72.4 Å². The molecule has 5 rings (SSSR count). The van der Waals surface area contributed by atoms with Crippen molar-refractivity contribution >= 4 is 50.8 Å². The van der Waals surface area contributed by atoms with Gasteiger partial charge in [-0.15, -0.1) is 0 Å². The van der Waals surface area contributed by atoms with Crippen molar-refractivity contribution < 1.29 is 4.39 Å². The van der Waals surface area contributed by atoms with E-state index in [1.54, 1.807) is 42.6 Å². The highest BCUT2D eigenvalue weighted by molar-refractivity contribution is 6.35. The van der Waals surface area contributed by atoms with Crippen molar-refractivity contribution in [2.75, 3.05) is 5.32 Å². The summed E-state index contributed by atoms with van der Waals surface area (Å²) in [4.78, 5) is 26.4. The van der Waals surface area contributed by atoms with Gasteiger partial charge in [0.15, 0.2) is 5.82 Å². The lowest BCUT2D eigenvalue weighted by Crippen LogP contribution is -2.26. The van der Waals surface area contributed by atoms with Crippen molar-refractivity contribution in [3.05, 3.63) is 99.0 Å². The van der Waals surface area contributed by atoms with Gasteiger partial charge in [0.1, 0.15) is 11.3 Å². The van der Waals surface area contributed by atoms with E-state index in [1.165, 1.54) is 16.7 Å². The van der Waals surface area contributed by atoms with E-state index in [1.807, 2.05) is 19.1 Å². The predicted molar refractivity (Wildman–Crippen MR) is 129 cm³/mol. The normalized spacial score (nSPS) is 12.2. The van der Waals surface area contributed by atoms with Crippen molar-refractivity contribution in [3.8, 4) is 5.69 Å². The maximum Gasteiger partial charge on any atom is 0.264 e. The summed E-state index contributed by atoms with van der Waals surface area (Å²) in [5, 5.41) is 4.80. The zero-order valence-electron chi connectivity index (χ0n) is 17.3. The van der Waals surface area contributed by atoms with E-state index in [0.29, 0.717) is 44.0 Å². The van der Waals surface area contributed by atoms with E-state index < -0.39 is 11.9 Å². The molecule has 0 aliphatic carbocycles. The number of hydrogen-bond acceptors (Lipinski definition) is 5. The van der Waals surface area contributed by atoms with Crippen molar-refractivity contribution in [2.45, 2.75) is 13.0 Å². The van der Waals surface area contributed by atoms with Crippen LogP contribution in [0.4, 0.5) is 10.2 Å². The van der Waals surface area contributed by atoms with Crippen molar-refractivity contribution in [1.82, 2.24) is 19.5 Å². The number of anilines is 1. The second-order valence-corrected chi connectivity index (χ2v) is 8.21. The molecule has 1 N–H and O–H groups in total. The first-order chi connectivity index (χ1) is 15.9. The summed E-state index contributed by atoms with van der Waals surface area (Å²) in [6.45, 7) is 1.88. The van der Waals surface area contributed by atoms with Crippen LogP contribution in [0.15, 0.2) is 71.7 Å². The highest BCUT2D eigenvalue weighted by Gasteiger charge is 2.19. The topological polar surface area (TPSA) is 72.7 Å². The average molecular weight is 480 g/mol. The van der Waals surface area contributed by atoms with Gasteiger partial charge >= 0.3 is 0 Å². The molecular weight excluding hydrogens is 464 g/mol. The summed E-state index contributed by atoms with van der Waals surface area (Å²) in [6, 6.07) is 16.0. The lowest BCUT2D eigenvalue weighted by atomic mass is 10.1. The molecule has 9 heteroatoms. The Balaban J connectivity index is 1.71. The molecule has 3 heterocycles. The minimum Gasteiger partial charge on any atom is -0.360 e. The highest BCUT2D eigenvalue weighted by atomic mass is 35.5. The largest absolute Gasteiger partial charge is 0.360 e. The summed E-state index contributed by atoms with van der Waals surface area (Å²) in [5.74, 6) is 0.0360. The molecule has 0 amide bonds. The minimum absolute atomic E-state index is 0.0754. The average Bonchev–Trinajstić information content (AvgIpc) is 2.79. The standard InChI is InChI=1S/C24H16Cl2FN5O/c1-13(29-22-21-18(6-3-11-28-21)30-24(26)31-22)19-12-14-4-2-5-17(25)20(14)23(33)32(19)16-9-7-15(27)8-10-16/h2-13H,1H3,(H,29,30,31). The quantitative estimate of drug-likeness (QED) is 0.322. The molecule has 0 radical (unpaired) electrons. The number of nitrogens with zero attached hydrogens (tertiary/aromatic N) is 4. The Kier molecular flexibility index (Phi) is 5.44. The van der Waals surface area contributed by atoms with Gasteiger partial charge in [-0.3, -0.25) is 14.3 Å². The van der Waals surface area contributed by atoms with Gasteiger partial charge in [-0.1, -0.05) is 23.7 Å². The number of benzene rings is 2. The summed E-state index contributed by atoms with van der Waals surface area (Å²) in [6.07, 6.45) is 1.64. The number of aromatic nitrogens is 4. The second-order valence-electron chi connectivity index (χ2n) is 7.47. The van der Waals surface area contributed by atoms with Crippen molar-refractivity contribution in [1.29, 1.82) is 0 Å². The van der Waals surface area contributed by atoms with Crippen LogP contribution in [0.1, 0.15) is 18.7 Å². The Morgan fingerprint density at radius 1 is 1.03 bits per heavy atom. The fraction of sp³-hybridized carbons (Fsp3) is 0.0833. The third-order valence-corrected chi connectivity index (χ3v) is 5.82. The monoisotopic (exact) mass is 479 g/mol. The Hall–Kier alpha value is -3.55. The first-order valence-electron chi connectivity index (χ1n) is 10.1. The van der Waals surface area contributed by atoms with Gasteiger partial charge in [0.25, 0.3) is 5.56 Å². The van der Waals surface area contributed by atoms with Crippen LogP contribution >= 0.6 is 23.2 Å². The van der Waals surface area contributed by atoms with Crippen molar-refractivity contribution in [2.24, 2.45) is 0 Å². The molecule has 6 nitrogen and oxygen atoms in total. The molecule has 3 aromatic heterocycles. The van der Waals surface area contributed by atoms with Crippen LogP contribution in [-0.2, 0) is 0 Å². The fourth-order valence-electron chi connectivity index (χ4n) is 3.83. The zero-order chi connectivity index (χ0) is 23.1. The molecule has 0 saturated heterocycles. The molecular formula is C24H16Cl2FN5O. The summed E-state index contributed by atoms with van der Waals surface area (Å²) in [5.41, 5.74) is 1.97. The predicted octanol–water partition coefficient (Wildman–Crippen LogP) is 5.95. The Morgan fingerprint density at radius 3 is 2.61 bits per heavy atom. The van der Waals surface area contributed by atoms with Gasteiger partial charge in [0.05, 0.1) is 22.0 Å². The molecule has 164 valence electrons. The number of hydrogen-bond donors (Lipinski definition) is 1. The van der Waals surface area contributed by atoms with Crippen LogP contribution in [0.5, 0.6) is 0 Å². The molecule has 0 saturated carbocycles. The fourth-order valence-corrected chi connectivity index (χ4v) is 4.27. The second kappa shape index (κ2) is 8.42. The zero-order valence-corrected chi connectivity index (χ0v) is 18.8. The van der Waals surface area contributed by atoms with Gasteiger partial charge in [0, 0.05) is 17.6 Å². The Morgan fingerprint density at radius 2 is 1.82 bits per heavy atom. The number of nitrogens with one attached hydrogen (secondary N) is 1. The van der Waals surface area contributed by atoms with Gasteiger partial charge in [0.2, 0.25) is 5.28 Å². The van der Waals surface area contributed by atoms with Crippen LogP contribution in [0, 0.1) is 5.82 Å². The van der Waals surface area contributed by atoms with E-state index in [9.17, 15) is 9.18 Å². The molecule has 0 aliphatic heterocycles. The van der Waals surface area contributed by atoms with Gasteiger partial charge in [-0.2, -0.15) is 4.98 Å². The molecule has 5 aromatic rings. The smallest absolute Gasteiger partial charge is 0.264 e. The molecule has 1 atom stereocenters. The van der Waals surface area contributed by atoms with Gasteiger partial charge < -0.3 is 5.32 Å². The van der Waals surface area contributed by atoms with E-state index >= 15 is 0 Å². The summed E-state index contributed by atoms with van der Waals surface area (Å²) >= 11 is 12.5. The molecule has 0 spiro atoms. The van der Waals surface area contributed by atoms with Crippen LogP contribution in [0.2, 0.25) is 10.3 Å². The van der Waals surface area contributed by atoms with Crippen molar-refractivity contribution in [3.63, 3.8) is 0 Å². The highest BCUT2D eigenvalue weighted by Crippen LogP contribution is 2.29. The molecule has 2 aromatic carbocycles. The van der Waals surface area contributed by atoms with E-state index in [4.69, 9.17) is 23.2 Å². The third-order valence-electron chi connectivity index (χ3n) is 5.33. The lowest BCUT2D eigenvalue weighted by molar-refractivity contribution is 0.627. The Bertz CT molecular complexity index is 1570. The first-order valence-corrected chi connectivity index (χ1v) is 10.8. The number of pyridine rings is 2. The number of fused-ring (bicyclic) bond motifs is 2. The van der Waals surface area contributed by atoms with Crippen LogP contribution < -0.4 is 10.9 Å². The number of halogens is 3. The van der Waals surface area contributed by atoms with Crippen LogP contribution in [-0.4, -0.2) is 19.5 Å². The van der Waals surface area contributed by atoms with E-state index in [0.717, 1.165) is 0 Å². The maximum atomic E-state index is 13.6. The van der Waals surface area contributed by atoms with Gasteiger partial charge in [-0.25, -0.2) is 9.37 Å². The van der Waals surface area contributed by atoms with Crippen LogP contribution in [0.25, 0.3) is 27.5 Å². The lowest BCUT2D eigenvalue weighted by Gasteiger charge is -2.22. The molecule has 1 unspecified atom stereocenters. The van der Waals surface area contributed by atoms with Crippen LogP contribution in [0.3, 0.4) is 0 Å². The maximum absolute atomic E-state index is 13.6. The molecule has 0 aliphatic rings. The summed E-state index contributed by atoms with van der Waals surface area (Å²) < 4.78 is 15.1. The minimum atomic E-state index is -0.415. The molecule has 0 bridgehead atoms. The van der Waals surface area contributed by atoms with E-state index in [-0.39, 0.29) is 10.8 Å². The van der Waals surface area contributed by atoms with E-state index in [2.05, 4.69) is 20.3 Å². The molecule has 33 heavy (non-hydrogen) atoms. The SMILES string of the molecule is CC(Nc1nc(Cl)nc2cccnc12)c1cc2cccc(Cl)c2c(=O)n1-c1ccc(F)cc1. The summed E-state index contributed by atoms with van der Waals surface area (Å²) in [7, 11) is 0. The Labute approximate surface area is 197 Å². The molecule has 0 fully saturated rings.